The van der Waals surface area contributed by atoms with Gasteiger partial charge in [0.1, 0.15) is 5.82 Å². The van der Waals surface area contributed by atoms with Crippen molar-refractivity contribution in [1.29, 1.82) is 0 Å². The predicted molar refractivity (Wildman–Crippen MR) is 109 cm³/mol. The molecule has 1 fully saturated rings. The van der Waals surface area contributed by atoms with Gasteiger partial charge in [0.15, 0.2) is 0 Å². The summed E-state index contributed by atoms with van der Waals surface area (Å²) < 4.78 is 6.97. The Balaban J connectivity index is 1.72. The third kappa shape index (κ3) is 3.43. The third-order valence-electron chi connectivity index (χ3n) is 5.41. The van der Waals surface area contributed by atoms with Crippen molar-refractivity contribution >= 4 is 22.7 Å². The number of nitrogens with two attached hydrogens (primary N) is 1. The van der Waals surface area contributed by atoms with E-state index in [2.05, 4.69) is 15.3 Å². The van der Waals surface area contributed by atoms with Crippen molar-refractivity contribution in [2.45, 2.75) is 37.8 Å². The Labute approximate surface area is 162 Å². The average Bonchev–Trinajstić information content (AvgIpc) is 2.71. The zero-order chi connectivity index (χ0) is 19.7. The first-order valence-electron chi connectivity index (χ1n) is 9.43. The molecule has 146 valence electrons. The molecule has 0 unspecified atom stereocenters. The van der Waals surface area contributed by atoms with Gasteiger partial charge >= 0.3 is 0 Å². The minimum atomic E-state index is -0.110. The summed E-state index contributed by atoms with van der Waals surface area (Å²) in [7, 11) is 3.48. The Kier molecular flexibility index (Phi) is 4.95. The second kappa shape index (κ2) is 7.55. The summed E-state index contributed by atoms with van der Waals surface area (Å²) in [5.41, 5.74) is 7.73. The van der Waals surface area contributed by atoms with Crippen LogP contribution in [-0.2, 0) is 11.8 Å². The largest absolute Gasteiger partial charge is 0.383 e. The number of anilines is 2. The maximum absolute atomic E-state index is 12.6. The van der Waals surface area contributed by atoms with Crippen LogP contribution in [0, 0.1) is 0 Å². The number of hydrogen-bond acceptors (Lipinski definition) is 7. The summed E-state index contributed by atoms with van der Waals surface area (Å²) in [6.07, 6.45) is 9.38. The van der Waals surface area contributed by atoms with Gasteiger partial charge in [-0.15, -0.1) is 0 Å². The molecule has 1 aliphatic carbocycles. The first-order chi connectivity index (χ1) is 13.6. The molecule has 0 aromatic carbocycles. The van der Waals surface area contributed by atoms with E-state index in [1.807, 2.05) is 6.07 Å². The summed E-state index contributed by atoms with van der Waals surface area (Å²) >= 11 is 0. The minimum absolute atomic E-state index is 0.110. The van der Waals surface area contributed by atoms with Gasteiger partial charge in [-0.25, -0.2) is 15.0 Å². The second-order valence-corrected chi connectivity index (χ2v) is 7.20. The number of nitrogens with zero attached hydrogens (tertiary/aromatic N) is 4. The van der Waals surface area contributed by atoms with Crippen LogP contribution in [0.5, 0.6) is 0 Å². The fraction of sp³-hybridized carbons (Fsp3) is 0.400. The van der Waals surface area contributed by atoms with Crippen LogP contribution in [-0.4, -0.2) is 38.8 Å². The second-order valence-electron chi connectivity index (χ2n) is 7.20. The Morgan fingerprint density at radius 3 is 2.71 bits per heavy atom. The van der Waals surface area contributed by atoms with Crippen molar-refractivity contribution in [2.24, 2.45) is 7.05 Å². The molecule has 0 spiro atoms. The first-order valence-corrected chi connectivity index (χ1v) is 9.43. The fourth-order valence-corrected chi connectivity index (χ4v) is 3.73. The van der Waals surface area contributed by atoms with Crippen LogP contribution in [0.1, 0.15) is 25.7 Å². The highest BCUT2D eigenvalue weighted by Gasteiger charge is 2.22. The molecule has 0 radical (unpaired) electrons. The van der Waals surface area contributed by atoms with E-state index in [4.69, 9.17) is 15.5 Å². The summed E-state index contributed by atoms with van der Waals surface area (Å²) in [6, 6.07) is 3.90. The lowest BCUT2D eigenvalue weighted by molar-refractivity contribution is 0.0681. The smallest absolute Gasteiger partial charge is 0.258 e. The lowest BCUT2D eigenvalue weighted by Gasteiger charge is -2.28. The van der Waals surface area contributed by atoms with Crippen LogP contribution in [0.25, 0.3) is 22.0 Å². The molecule has 0 aliphatic heterocycles. The van der Waals surface area contributed by atoms with Crippen molar-refractivity contribution in [2.75, 3.05) is 18.2 Å². The predicted octanol–water partition coefficient (Wildman–Crippen LogP) is 2.34. The molecular formula is C20H24N6O2. The van der Waals surface area contributed by atoms with Crippen molar-refractivity contribution in [1.82, 2.24) is 19.5 Å². The van der Waals surface area contributed by atoms with Gasteiger partial charge in [-0.3, -0.25) is 4.79 Å². The standard InChI is InChI=1S/C20H24N6O2/c1-26-9-3-4-14(19(26)27)15-10-22-18(21)16-11-23-20(25-17(15)16)24-12-5-7-13(28-2)8-6-12/h3-4,9-13H,5-8H2,1-2H3,(H2,21,22)(H,23,24,25). The molecule has 28 heavy (non-hydrogen) atoms. The van der Waals surface area contributed by atoms with Crippen molar-refractivity contribution in [3.8, 4) is 11.1 Å². The Hall–Kier alpha value is -3.00. The maximum Gasteiger partial charge on any atom is 0.258 e. The van der Waals surface area contributed by atoms with E-state index in [1.54, 1.807) is 38.8 Å². The highest BCUT2D eigenvalue weighted by molar-refractivity contribution is 5.98. The molecule has 3 aromatic heterocycles. The van der Waals surface area contributed by atoms with Crippen molar-refractivity contribution < 1.29 is 4.74 Å². The van der Waals surface area contributed by atoms with Crippen LogP contribution in [0.2, 0.25) is 0 Å². The number of aromatic nitrogens is 4. The molecule has 8 heteroatoms. The number of aryl methyl sites for hydroxylation is 1. The molecule has 3 N–H and O–H groups in total. The van der Waals surface area contributed by atoms with Crippen LogP contribution >= 0.6 is 0 Å². The molecule has 4 rings (SSSR count). The highest BCUT2D eigenvalue weighted by atomic mass is 16.5. The number of rotatable bonds is 4. The van der Waals surface area contributed by atoms with E-state index in [-0.39, 0.29) is 5.56 Å². The lowest BCUT2D eigenvalue weighted by Crippen LogP contribution is -2.29. The summed E-state index contributed by atoms with van der Waals surface area (Å²) in [6.45, 7) is 0. The Morgan fingerprint density at radius 1 is 1.18 bits per heavy atom. The number of pyridine rings is 2. The number of nitrogens with one attached hydrogen (secondary N) is 1. The van der Waals surface area contributed by atoms with Crippen LogP contribution < -0.4 is 16.6 Å². The molecule has 3 aromatic rings. The van der Waals surface area contributed by atoms with Gasteiger partial charge in [-0.2, -0.15) is 0 Å². The summed E-state index contributed by atoms with van der Waals surface area (Å²) in [5, 5.41) is 4.06. The lowest BCUT2D eigenvalue weighted by atomic mass is 9.93. The molecule has 0 bridgehead atoms. The van der Waals surface area contributed by atoms with Crippen molar-refractivity contribution in [3.63, 3.8) is 0 Å². The molecule has 1 aliphatic rings. The van der Waals surface area contributed by atoms with Gasteiger partial charge in [-0.1, -0.05) is 0 Å². The third-order valence-corrected chi connectivity index (χ3v) is 5.41. The topological polar surface area (TPSA) is 108 Å². The first kappa shape index (κ1) is 18.4. The number of hydrogen-bond donors (Lipinski definition) is 2. The van der Waals surface area contributed by atoms with Gasteiger partial charge in [-0.05, 0) is 37.8 Å². The van der Waals surface area contributed by atoms with Gasteiger partial charge in [0.2, 0.25) is 5.95 Å². The minimum Gasteiger partial charge on any atom is -0.383 e. The maximum atomic E-state index is 12.6. The van der Waals surface area contributed by atoms with Crippen LogP contribution in [0.15, 0.2) is 35.5 Å². The number of ether oxygens (including phenoxy) is 1. The monoisotopic (exact) mass is 380 g/mol. The molecule has 0 amide bonds. The van der Waals surface area contributed by atoms with E-state index in [0.717, 1.165) is 25.7 Å². The SMILES string of the molecule is COC1CCC(Nc2ncc3c(N)ncc(-c4cccn(C)c4=O)c3n2)CC1. The zero-order valence-electron chi connectivity index (χ0n) is 16.1. The average molecular weight is 380 g/mol. The van der Waals surface area contributed by atoms with E-state index >= 15 is 0 Å². The fourth-order valence-electron chi connectivity index (χ4n) is 3.73. The summed E-state index contributed by atoms with van der Waals surface area (Å²) in [5.74, 6) is 0.881. The normalized spacial score (nSPS) is 19.6. The molecule has 3 heterocycles. The quantitative estimate of drug-likeness (QED) is 0.715. The van der Waals surface area contributed by atoms with Crippen LogP contribution in [0.3, 0.4) is 0 Å². The van der Waals surface area contributed by atoms with Crippen LogP contribution in [0.4, 0.5) is 11.8 Å². The number of methoxy groups -OCH3 is 1. The number of fused-ring (bicyclic) bond motifs is 1. The Morgan fingerprint density at radius 2 is 1.96 bits per heavy atom. The number of nitrogen functional groups attached to an aromatic ring is 1. The zero-order valence-corrected chi connectivity index (χ0v) is 16.1. The molecule has 1 saturated carbocycles. The van der Waals surface area contributed by atoms with Crippen molar-refractivity contribution in [3.05, 3.63) is 41.1 Å². The van der Waals surface area contributed by atoms with E-state index in [1.165, 1.54) is 4.57 Å². The molecule has 0 saturated heterocycles. The van der Waals surface area contributed by atoms with Gasteiger partial charge in [0.25, 0.3) is 5.56 Å². The molecule has 0 atom stereocenters. The Bertz CT molecular complexity index is 1060. The molecular weight excluding hydrogens is 356 g/mol. The van der Waals surface area contributed by atoms with E-state index < -0.39 is 0 Å². The van der Waals surface area contributed by atoms with E-state index in [9.17, 15) is 4.79 Å². The molecule has 8 nitrogen and oxygen atoms in total. The summed E-state index contributed by atoms with van der Waals surface area (Å²) in [4.78, 5) is 25.9. The van der Waals surface area contributed by atoms with Gasteiger partial charge < -0.3 is 20.4 Å². The van der Waals surface area contributed by atoms with Gasteiger partial charge in [0.05, 0.1) is 22.6 Å². The highest BCUT2D eigenvalue weighted by Crippen LogP contribution is 2.29. The van der Waals surface area contributed by atoms with E-state index in [0.29, 0.717) is 45.9 Å². The van der Waals surface area contributed by atoms with Gasteiger partial charge in [0, 0.05) is 44.4 Å².